The number of carboxylic acids is 1. The van der Waals surface area contributed by atoms with E-state index < -0.39 is 24.6 Å². The molecule has 1 rings (SSSR count). The molecule has 0 spiro atoms. The van der Waals surface area contributed by atoms with Crippen molar-refractivity contribution in [3.8, 4) is 0 Å². The van der Waals surface area contributed by atoms with Crippen molar-refractivity contribution in [2.45, 2.75) is 12.7 Å². The Morgan fingerprint density at radius 3 is 2.56 bits per heavy atom. The highest BCUT2D eigenvalue weighted by atomic mass is 19.4. The highest BCUT2D eigenvalue weighted by molar-refractivity contribution is 5.85. The van der Waals surface area contributed by atoms with Crippen LogP contribution in [0.15, 0.2) is 6.07 Å². The van der Waals surface area contributed by atoms with Gasteiger partial charge < -0.3 is 10.4 Å². The van der Waals surface area contributed by atoms with Gasteiger partial charge in [0.25, 0.3) is 0 Å². The molecule has 0 saturated heterocycles. The Hall–Kier alpha value is -2.06. The van der Waals surface area contributed by atoms with Crippen LogP contribution in [0, 0.1) is 0 Å². The molecule has 88 valence electrons. The largest absolute Gasteiger partial charge is 0.476 e. The molecule has 16 heavy (non-hydrogen) atoms. The highest BCUT2D eigenvalue weighted by Crippen LogP contribution is 2.14. The fourth-order valence-electron chi connectivity index (χ4n) is 0.837. The van der Waals surface area contributed by atoms with E-state index in [1.54, 1.807) is 5.32 Å². The van der Waals surface area contributed by atoms with Crippen LogP contribution in [0.5, 0.6) is 0 Å². The second-order valence-corrected chi connectivity index (χ2v) is 2.76. The van der Waals surface area contributed by atoms with Gasteiger partial charge in [0.1, 0.15) is 0 Å². The van der Waals surface area contributed by atoms with E-state index in [2.05, 4.69) is 10.2 Å². The number of aromatic nitrogens is 2. The van der Waals surface area contributed by atoms with Crippen LogP contribution in [0.4, 0.5) is 13.2 Å². The van der Waals surface area contributed by atoms with Crippen LogP contribution >= 0.6 is 0 Å². The van der Waals surface area contributed by atoms with E-state index in [0.29, 0.717) is 0 Å². The Kier molecular flexibility index (Phi) is 3.16. The topological polar surface area (TPSA) is 95.1 Å². The fourth-order valence-corrected chi connectivity index (χ4v) is 0.837. The number of carbonyl (C=O) groups excluding carboxylic acids is 1. The van der Waals surface area contributed by atoms with Gasteiger partial charge in [0.05, 0.1) is 12.2 Å². The number of carboxylic acid groups (broad SMARTS) is 1. The summed E-state index contributed by atoms with van der Waals surface area (Å²) in [5.41, 5.74) is -0.272. The molecule has 0 aliphatic carbocycles. The van der Waals surface area contributed by atoms with Crippen molar-refractivity contribution in [2.75, 3.05) is 0 Å². The van der Waals surface area contributed by atoms with Crippen molar-refractivity contribution in [3.63, 3.8) is 0 Å². The summed E-state index contributed by atoms with van der Waals surface area (Å²) < 4.78 is 35.3. The maximum atomic E-state index is 11.8. The van der Waals surface area contributed by atoms with E-state index in [1.165, 1.54) is 0 Å². The van der Waals surface area contributed by atoms with Crippen LogP contribution < -0.4 is 5.32 Å². The van der Waals surface area contributed by atoms with Gasteiger partial charge in [-0.1, -0.05) is 0 Å². The smallest absolute Gasteiger partial charge is 0.471 e. The maximum Gasteiger partial charge on any atom is 0.471 e. The summed E-state index contributed by atoms with van der Waals surface area (Å²) in [6, 6.07) is 1.03. The summed E-state index contributed by atoms with van der Waals surface area (Å²) in [7, 11) is 0. The van der Waals surface area contributed by atoms with Gasteiger partial charge in [-0.2, -0.15) is 18.3 Å². The standard InChI is InChI=1S/C7H6F3N3O3/c8-7(9,10)6(16)11-2-3-1-4(5(14)15)13-12-3/h1H,2H2,(H,11,16)(H,12,13)(H,14,15). The number of hydrogen-bond donors (Lipinski definition) is 3. The molecule has 0 radical (unpaired) electrons. The minimum absolute atomic E-state index is 0.0648. The molecule has 1 aromatic heterocycles. The van der Waals surface area contributed by atoms with Gasteiger partial charge in [-0.15, -0.1) is 0 Å². The number of alkyl halides is 3. The third-order valence-corrected chi connectivity index (χ3v) is 1.55. The predicted molar refractivity (Wildman–Crippen MR) is 43.4 cm³/mol. The molecule has 6 nitrogen and oxygen atoms in total. The van der Waals surface area contributed by atoms with E-state index >= 15 is 0 Å². The predicted octanol–water partition coefficient (Wildman–Crippen LogP) is 0.286. The molecule has 0 fully saturated rings. The van der Waals surface area contributed by atoms with Gasteiger partial charge in [-0.25, -0.2) is 4.79 Å². The molecule has 0 bridgehead atoms. The van der Waals surface area contributed by atoms with Gasteiger partial charge in [-0.05, 0) is 6.07 Å². The minimum Gasteiger partial charge on any atom is -0.476 e. The third kappa shape index (κ3) is 2.97. The maximum absolute atomic E-state index is 11.8. The Morgan fingerprint density at radius 2 is 2.12 bits per heavy atom. The lowest BCUT2D eigenvalue weighted by Crippen LogP contribution is -2.36. The van der Waals surface area contributed by atoms with Crippen LogP contribution in [-0.2, 0) is 11.3 Å². The molecule has 0 aromatic carbocycles. The monoisotopic (exact) mass is 237 g/mol. The zero-order valence-electron chi connectivity index (χ0n) is 7.63. The highest BCUT2D eigenvalue weighted by Gasteiger charge is 2.38. The summed E-state index contributed by atoms with van der Waals surface area (Å²) in [6.45, 7) is -0.474. The lowest BCUT2D eigenvalue weighted by Gasteiger charge is -2.05. The number of aromatic amines is 1. The molecule has 3 N–H and O–H groups in total. The fraction of sp³-hybridized carbons (Fsp3) is 0.286. The summed E-state index contributed by atoms with van der Waals surface area (Å²) in [5.74, 6) is -3.41. The molecule has 0 unspecified atom stereocenters. The molecule has 9 heteroatoms. The summed E-state index contributed by atoms with van der Waals surface area (Å²) >= 11 is 0. The van der Waals surface area contributed by atoms with E-state index in [9.17, 15) is 22.8 Å². The molecule has 1 heterocycles. The van der Waals surface area contributed by atoms with Crippen LogP contribution in [0.25, 0.3) is 0 Å². The number of halogens is 3. The molecule has 0 aliphatic rings. The molecule has 0 atom stereocenters. The van der Waals surface area contributed by atoms with Crippen LogP contribution in [0.1, 0.15) is 16.2 Å². The molecule has 1 aromatic rings. The van der Waals surface area contributed by atoms with Crippen LogP contribution in [0.3, 0.4) is 0 Å². The van der Waals surface area contributed by atoms with E-state index in [0.717, 1.165) is 6.07 Å². The number of rotatable bonds is 3. The number of amides is 1. The zero-order chi connectivity index (χ0) is 12.3. The Labute approximate surface area is 86.5 Å². The molecule has 0 aliphatic heterocycles. The number of nitrogens with zero attached hydrogens (tertiary/aromatic N) is 1. The first-order valence-corrected chi connectivity index (χ1v) is 3.93. The first kappa shape index (κ1) is 12.0. The first-order chi connectivity index (χ1) is 7.30. The van der Waals surface area contributed by atoms with Crippen molar-refractivity contribution >= 4 is 11.9 Å². The molecule has 0 saturated carbocycles. The molecule has 1 amide bonds. The van der Waals surface area contributed by atoms with Gasteiger partial charge in [0, 0.05) is 0 Å². The number of H-pyrrole nitrogens is 1. The normalized spacial score (nSPS) is 11.2. The second-order valence-electron chi connectivity index (χ2n) is 2.76. The van der Waals surface area contributed by atoms with Crippen molar-refractivity contribution in [2.24, 2.45) is 0 Å². The number of nitrogens with one attached hydrogen (secondary N) is 2. The summed E-state index contributed by atoms with van der Waals surface area (Å²) in [5, 5.41) is 15.5. The van der Waals surface area contributed by atoms with E-state index in [4.69, 9.17) is 5.11 Å². The average molecular weight is 237 g/mol. The van der Waals surface area contributed by atoms with Crippen LogP contribution in [0.2, 0.25) is 0 Å². The first-order valence-electron chi connectivity index (χ1n) is 3.93. The minimum atomic E-state index is -4.96. The second kappa shape index (κ2) is 4.21. The lowest BCUT2D eigenvalue weighted by molar-refractivity contribution is -0.173. The third-order valence-electron chi connectivity index (χ3n) is 1.55. The average Bonchev–Trinajstić information content (AvgIpc) is 2.60. The van der Waals surface area contributed by atoms with Gasteiger partial charge >= 0.3 is 18.1 Å². The number of aromatic carboxylic acids is 1. The SMILES string of the molecule is O=C(O)c1cc(CNC(=O)C(F)(F)F)[nH]n1. The van der Waals surface area contributed by atoms with Gasteiger partial charge in [0.2, 0.25) is 0 Å². The van der Waals surface area contributed by atoms with E-state index in [1.807, 2.05) is 0 Å². The molecular weight excluding hydrogens is 231 g/mol. The Bertz CT molecular complexity index is 412. The van der Waals surface area contributed by atoms with E-state index in [-0.39, 0.29) is 11.4 Å². The van der Waals surface area contributed by atoms with Crippen LogP contribution in [-0.4, -0.2) is 33.4 Å². The Morgan fingerprint density at radius 1 is 1.50 bits per heavy atom. The van der Waals surface area contributed by atoms with Crippen molar-refractivity contribution in [3.05, 3.63) is 17.5 Å². The van der Waals surface area contributed by atoms with Gasteiger partial charge in [0.15, 0.2) is 5.69 Å². The van der Waals surface area contributed by atoms with Crippen molar-refractivity contribution in [1.82, 2.24) is 15.5 Å². The van der Waals surface area contributed by atoms with Crippen molar-refractivity contribution < 1.29 is 27.9 Å². The zero-order valence-corrected chi connectivity index (χ0v) is 7.63. The summed E-state index contributed by atoms with van der Waals surface area (Å²) in [6.07, 6.45) is -4.96. The van der Waals surface area contributed by atoms with Gasteiger partial charge in [-0.3, -0.25) is 9.89 Å². The Balaban J connectivity index is 2.55. The lowest BCUT2D eigenvalue weighted by atomic mass is 10.3. The van der Waals surface area contributed by atoms with Crippen molar-refractivity contribution in [1.29, 1.82) is 0 Å². The molecular formula is C7H6F3N3O3. The number of carbonyl (C=O) groups is 2. The number of hydrogen-bond acceptors (Lipinski definition) is 3. The summed E-state index contributed by atoms with van der Waals surface area (Å²) in [4.78, 5) is 20.8. The quantitative estimate of drug-likeness (QED) is 0.703.